The number of hydrogen-bond donors (Lipinski definition) is 2. The lowest BCUT2D eigenvalue weighted by atomic mass is 10.4. The number of nitrogens with zero attached hydrogens (tertiary/aromatic N) is 2. The van der Waals surface area contributed by atoms with Gasteiger partial charge in [0.1, 0.15) is 12.1 Å². The Bertz CT molecular complexity index is 609. The number of carboxylic acids is 1. The van der Waals surface area contributed by atoms with Crippen LogP contribution < -0.4 is 0 Å². The third-order valence-corrected chi connectivity index (χ3v) is 4.34. The zero-order chi connectivity index (χ0) is 16.0. The largest absolute Gasteiger partial charge is 0.478 e. The van der Waals surface area contributed by atoms with Gasteiger partial charge in [-0.3, -0.25) is 9.89 Å². The van der Waals surface area contributed by atoms with Gasteiger partial charge in [0.25, 0.3) is 10.0 Å². The smallest absolute Gasteiger partial charge is 0.340 e. The van der Waals surface area contributed by atoms with Crippen LogP contribution in [0.4, 0.5) is 0 Å². The van der Waals surface area contributed by atoms with Crippen LogP contribution in [0.25, 0.3) is 0 Å². The fourth-order valence-corrected chi connectivity index (χ4v) is 3.18. The second-order valence-electron chi connectivity index (χ2n) is 4.06. The lowest BCUT2D eigenvalue weighted by molar-refractivity contribution is -0.143. The third-order valence-electron chi connectivity index (χ3n) is 2.52. The van der Waals surface area contributed by atoms with Gasteiger partial charge in [0.15, 0.2) is 5.03 Å². The zero-order valence-corrected chi connectivity index (χ0v) is 12.5. The quantitative estimate of drug-likeness (QED) is 0.648. The summed E-state index contributed by atoms with van der Waals surface area (Å²) >= 11 is 0. The summed E-state index contributed by atoms with van der Waals surface area (Å²) in [4.78, 5) is 22.5. The van der Waals surface area contributed by atoms with E-state index in [1.165, 1.54) is 0 Å². The number of carbonyl (C=O) groups is 2. The summed E-state index contributed by atoms with van der Waals surface area (Å²) in [6.07, 6.45) is 1.36. The highest BCUT2D eigenvalue weighted by Crippen LogP contribution is 2.18. The number of sulfonamides is 1. The van der Waals surface area contributed by atoms with Crippen LogP contribution in [0.2, 0.25) is 0 Å². The maximum absolute atomic E-state index is 12.4. The van der Waals surface area contributed by atoms with Gasteiger partial charge in [0.2, 0.25) is 0 Å². The van der Waals surface area contributed by atoms with E-state index in [-0.39, 0.29) is 13.2 Å². The van der Waals surface area contributed by atoms with Crippen molar-refractivity contribution in [3.8, 4) is 0 Å². The molecule has 0 aliphatic rings. The van der Waals surface area contributed by atoms with E-state index in [2.05, 4.69) is 10.2 Å². The van der Waals surface area contributed by atoms with Crippen LogP contribution in [0.3, 0.4) is 0 Å². The van der Waals surface area contributed by atoms with Crippen LogP contribution in [-0.2, 0) is 19.6 Å². The Kier molecular flexibility index (Phi) is 5.85. The number of H-pyrrole nitrogens is 1. The summed E-state index contributed by atoms with van der Waals surface area (Å²) in [5.74, 6) is -2.12. The Morgan fingerprint density at radius 2 is 2.10 bits per heavy atom. The molecule has 0 unspecified atom stereocenters. The van der Waals surface area contributed by atoms with Gasteiger partial charge < -0.3 is 9.84 Å². The van der Waals surface area contributed by atoms with Crippen molar-refractivity contribution in [2.45, 2.75) is 25.3 Å². The van der Waals surface area contributed by atoms with Crippen LogP contribution in [-0.4, -0.2) is 59.7 Å². The molecule has 1 aromatic heterocycles. The third kappa shape index (κ3) is 4.02. The zero-order valence-electron chi connectivity index (χ0n) is 11.7. The van der Waals surface area contributed by atoms with Crippen molar-refractivity contribution >= 4 is 22.0 Å². The summed E-state index contributed by atoms with van der Waals surface area (Å²) in [7, 11) is -4.18. The highest BCUT2D eigenvalue weighted by molar-refractivity contribution is 7.89. The van der Waals surface area contributed by atoms with Crippen molar-refractivity contribution in [1.82, 2.24) is 14.5 Å². The van der Waals surface area contributed by atoms with Crippen molar-refractivity contribution in [3.05, 3.63) is 11.8 Å². The lowest BCUT2D eigenvalue weighted by Crippen LogP contribution is -2.37. The standard InChI is InChI=1S/C11H17N3O6S/c1-3-5-14(7-9(15)20-4-2)21(18,19)10-8(11(16)17)6-12-13-10/h6H,3-5,7H2,1-2H3,(H,12,13)(H,16,17). The molecule has 0 fully saturated rings. The number of aromatic carboxylic acids is 1. The first kappa shape index (κ1) is 17.1. The van der Waals surface area contributed by atoms with Crippen molar-refractivity contribution in [2.75, 3.05) is 19.7 Å². The average Bonchev–Trinajstić information content (AvgIpc) is 2.88. The molecule has 1 heterocycles. The van der Waals surface area contributed by atoms with E-state index in [0.717, 1.165) is 10.5 Å². The van der Waals surface area contributed by atoms with Gasteiger partial charge in [-0.15, -0.1) is 0 Å². The van der Waals surface area contributed by atoms with Gasteiger partial charge in [-0.05, 0) is 13.3 Å². The van der Waals surface area contributed by atoms with Crippen LogP contribution in [0.15, 0.2) is 11.2 Å². The SMILES string of the molecule is CCCN(CC(=O)OCC)S(=O)(=O)c1[nH]ncc1C(=O)O. The Morgan fingerprint density at radius 1 is 1.43 bits per heavy atom. The molecule has 0 amide bonds. The number of esters is 1. The van der Waals surface area contributed by atoms with E-state index < -0.39 is 39.1 Å². The molecule has 0 spiro atoms. The van der Waals surface area contributed by atoms with Gasteiger partial charge in [0, 0.05) is 6.54 Å². The van der Waals surface area contributed by atoms with Crippen molar-refractivity contribution < 1.29 is 27.9 Å². The van der Waals surface area contributed by atoms with Gasteiger partial charge in [-0.1, -0.05) is 6.92 Å². The van der Waals surface area contributed by atoms with E-state index in [0.29, 0.717) is 6.42 Å². The predicted molar refractivity (Wildman–Crippen MR) is 71.2 cm³/mol. The Labute approximate surface area is 121 Å². The van der Waals surface area contributed by atoms with E-state index in [4.69, 9.17) is 9.84 Å². The monoisotopic (exact) mass is 319 g/mol. The molecule has 1 aromatic rings. The molecule has 10 heteroatoms. The molecule has 0 radical (unpaired) electrons. The summed E-state index contributed by atoms with van der Waals surface area (Å²) < 4.78 is 30.5. The van der Waals surface area contributed by atoms with E-state index in [9.17, 15) is 18.0 Å². The normalized spacial score (nSPS) is 11.6. The van der Waals surface area contributed by atoms with E-state index in [1.807, 2.05) is 0 Å². The fraction of sp³-hybridized carbons (Fsp3) is 0.545. The first-order valence-corrected chi connectivity index (χ1v) is 7.71. The Balaban J connectivity index is 3.12. The molecule has 0 saturated heterocycles. The molecule has 2 N–H and O–H groups in total. The molecule has 0 atom stereocenters. The highest BCUT2D eigenvalue weighted by Gasteiger charge is 2.32. The highest BCUT2D eigenvalue weighted by atomic mass is 32.2. The second-order valence-corrected chi connectivity index (χ2v) is 5.94. The number of carboxylic acid groups (broad SMARTS) is 1. The van der Waals surface area contributed by atoms with Crippen LogP contribution in [0, 0.1) is 0 Å². The van der Waals surface area contributed by atoms with Crippen molar-refractivity contribution in [1.29, 1.82) is 0 Å². The van der Waals surface area contributed by atoms with Crippen LogP contribution in [0.1, 0.15) is 30.6 Å². The minimum atomic E-state index is -4.18. The van der Waals surface area contributed by atoms with Gasteiger partial charge >= 0.3 is 11.9 Å². The van der Waals surface area contributed by atoms with Crippen molar-refractivity contribution in [3.63, 3.8) is 0 Å². The minimum absolute atomic E-state index is 0.0548. The number of rotatable bonds is 8. The van der Waals surface area contributed by atoms with E-state index in [1.54, 1.807) is 13.8 Å². The number of carbonyl (C=O) groups excluding carboxylic acids is 1. The molecule has 1 rings (SSSR count). The average molecular weight is 319 g/mol. The Morgan fingerprint density at radius 3 is 2.62 bits per heavy atom. The molecule has 0 aliphatic heterocycles. The van der Waals surface area contributed by atoms with Gasteiger partial charge in [-0.2, -0.15) is 9.40 Å². The van der Waals surface area contributed by atoms with E-state index >= 15 is 0 Å². The number of hydrogen-bond acceptors (Lipinski definition) is 6. The molecule has 118 valence electrons. The number of aromatic amines is 1. The summed E-state index contributed by atoms with van der Waals surface area (Å²) in [5, 5.41) is 14.0. The van der Waals surface area contributed by atoms with Gasteiger partial charge in [0.05, 0.1) is 12.8 Å². The van der Waals surface area contributed by atoms with Gasteiger partial charge in [-0.25, -0.2) is 13.2 Å². The maximum atomic E-state index is 12.4. The second kappa shape index (κ2) is 7.18. The first-order chi connectivity index (χ1) is 9.84. The minimum Gasteiger partial charge on any atom is -0.478 e. The molecule has 21 heavy (non-hydrogen) atoms. The molecule has 0 aliphatic carbocycles. The number of aromatic nitrogens is 2. The molecular formula is C11H17N3O6S. The molecule has 0 saturated carbocycles. The summed E-state index contributed by atoms with van der Waals surface area (Å²) in [5.41, 5.74) is -0.472. The molecule has 0 aromatic carbocycles. The maximum Gasteiger partial charge on any atom is 0.340 e. The predicted octanol–water partition coefficient (Wildman–Crippen LogP) is 0.0717. The number of nitrogens with one attached hydrogen (secondary N) is 1. The Hall–Kier alpha value is -1.94. The summed E-state index contributed by atoms with van der Waals surface area (Å²) in [6, 6.07) is 0. The van der Waals surface area contributed by atoms with Crippen LogP contribution >= 0.6 is 0 Å². The number of ether oxygens (including phenoxy) is 1. The molecular weight excluding hydrogens is 302 g/mol. The molecule has 0 bridgehead atoms. The lowest BCUT2D eigenvalue weighted by Gasteiger charge is -2.19. The first-order valence-electron chi connectivity index (χ1n) is 6.27. The fourth-order valence-electron chi connectivity index (χ4n) is 1.64. The summed E-state index contributed by atoms with van der Waals surface area (Å²) in [6.45, 7) is 3.04. The van der Waals surface area contributed by atoms with Crippen LogP contribution in [0.5, 0.6) is 0 Å². The molecule has 9 nitrogen and oxygen atoms in total. The topological polar surface area (TPSA) is 130 Å². The van der Waals surface area contributed by atoms with Crippen molar-refractivity contribution in [2.24, 2.45) is 0 Å².